The number of hydrogen-bond acceptors (Lipinski definition) is 3. The first-order valence-corrected chi connectivity index (χ1v) is 7.93. The largest absolute Gasteiger partial charge is 0.389 e. The maximum atomic E-state index is 11.7. The minimum atomic E-state index is 0.304. The zero-order chi connectivity index (χ0) is 15.0. The monoisotopic (exact) mass is 323 g/mol. The molecule has 2 aliphatic rings. The number of benzene rings is 1. The van der Waals surface area contributed by atoms with Crippen molar-refractivity contribution in [2.45, 2.75) is 25.4 Å². The van der Waals surface area contributed by atoms with E-state index in [9.17, 15) is 4.79 Å². The van der Waals surface area contributed by atoms with Gasteiger partial charge in [-0.1, -0.05) is 36.0 Å². The molecule has 2 N–H and O–H groups in total. The molecule has 1 aromatic rings. The lowest BCUT2D eigenvalue weighted by molar-refractivity contribution is -0.130. The van der Waals surface area contributed by atoms with Crippen LogP contribution in [0.5, 0.6) is 0 Å². The molecule has 0 spiro atoms. The summed E-state index contributed by atoms with van der Waals surface area (Å²) in [4.78, 5) is 16.4. The highest BCUT2D eigenvalue weighted by Gasteiger charge is 2.35. The van der Waals surface area contributed by atoms with E-state index in [1.165, 1.54) is 0 Å². The van der Waals surface area contributed by atoms with Crippen LogP contribution in [0.1, 0.15) is 24.0 Å². The molecule has 3 rings (SSSR count). The Kier molecular flexibility index (Phi) is 4.15. The van der Waals surface area contributed by atoms with Crippen molar-refractivity contribution in [3.8, 4) is 0 Å². The second-order valence-corrected chi connectivity index (χ2v) is 6.53. The molecule has 2 saturated heterocycles. The molecule has 2 heterocycles. The second-order valence-electron chi connectivity index (χ2n) is 5.69. The Labute approximate surface area is 134 Å². The molecule has 1 unspecified atom stereocenters. The summed E-state index contributed by atoms with van der Waals surface area (Å²) in [5.41, 5.74) is 7.49. The van der Waals surface area contributed by atoms with Crippen LogP contribution in [0, 0.1) is 0 Å². The van der Waals surface area contributed by atoms with Gasteiger partial charge in [-0.3, -0.25) is 9.69 Å². The molecule has 1 atom stereocenters. The quantitative estimate of drug-likeness (QED) is 0.862. The summed E-state index contributed by atoms with van der Waals surface area (Å²) in [7, 11) is 0. The number of rotatable bonds is 3. The van der Waals surface area contributed by atoms with Gasteiger partial charge in [-0.2, -0.15) is 0 Å². The van der Waals surface area contributed by atoms with Gasteiger partial charge < -0.3 is 10.6 Å². The van der Waals surface area contributed by atoms with Gasteiger partial charge in [0.05, 0.1) is 0 Å². The maximum absolute atomic E-state index is 11.7. The fourth-order valence-corrected chi connectivity index (χ4v) is 3.51. The Morgan fingerprint density at radius 1 is 1.43 bits per heavy atom. The fraction of sp³-hybridized carbons (Fsp3) is 0.467. The third-order valence-corrected chi connectivity index (χ3v) is 4.90. The molecule has 0 bridgehead atoms. The predicted molar refractivity (Wildman–Crippen MR) is 87.4 cm³/mol. The van der Waals surface area contributed by atoms with E-state index in [0.717, 1.165) is 43.7 Å². The van der Waals surface area contributed by atoms with Crippen LogP contribution in [-0.2, 0) is 11.3 Å². The first-order chi connectivity index (χ1) is 10.0. The summed E-state index contributed by atoms with van der Waals surface area (Å²) in [6.07, 6.45) is 1.67. The number of carbonyl (C=O) groups excluding carboxylic acids is 1. The number of halogens is 1. The molecule has 1 amide bonds. The fourth-order valence-electron chi connectivity index (χ4n) is 3.14. The SMILES string of the molecule is NC(=S)c1ccc(CN2CCN3C(=O)CCC3C2)c(Cl)c1. The van der Waals surface area contributed by atoms with Crippen LogP contribution in [0.2, 0.25) is 5.02 Å². The van der Waals surface area contributed by atoms with Gasteiger partial charge in [-0.05, 0) is 18.1 Å². The molecule has 112 valence electrons. The van der Waals surface area contributed by atoms with Crippen molar-refractivity contribution in [1.29, 1.82) is 0 Å². The van der Waals surface area contributed by atoms with Gasteiger partial charge in [0.15, 0.2) is 0 Å². The number of amides is 1. The summed E-state index contributed by atoms with van der Waals surface area (Å²) in [6, 6.07) is 6.11. The Bertz CT molecular complexity index is 592. The lowest BCUT2D eigenvalue weighted by Gasteiger charge is -2.37. The third-order valence-electron chi connectivity index (χ3n) is 4.31. The van der Waals surface area contributed by atoms with Crippen LogP contribution in [0.25, 0.3) is 0 Å². The topological polar surface area (TPSA) is 49.6 Å². The number of carbonyl (C=O) groups is 1. The van der Waals surface area contributed by atoms with E-state index >= 15 is 0 Å². The van der Waals surface area contributed by atoms with Gasteiger partial charge in [-0.25, -0.2) is 0 Å². The van der Waals surface area contributed by atoms with Crippen molar-refractivity contribution in [2.24, 2.45) is 5.73 Å². The lowest BCUT2D eigenvalue weighted by Crippen LogP contribution is -2.50. The molecule has 2 fully saturated rings. The summed E-state index contributed by atoms with van der Waals surface area (Å²) in [5.74, 6) is 0.304. The summed E-state index contributed by atoms with van der Waals surface area (Å²) in [6.45, 7) is 3.45. The average molecular weight is 324 g/mol. The number of thiocarbonyl (C=S) groups is 1. The Morgan fingerprint density at radius 2 is 2.24 bits per heavy atom. The summed E-state index contributed by atoms with van der Waals surface area (Å²) in [5, 5.41) is 0.699. The molecule has 4 nitrogen and oxygen atoms in total. The van der Waals surface area contributed by atoms with Gasteiger partial charge in [0.25, 0.3) is 0 Å². The number of piperazine rings is 1. The van der Waals surface area contributed by atoms with Crippen LogP contribution >= 0.6 is 23.8 Å². The number of hydrogen-bond donors (Lipinski definition) is 1. The van der Waals surface area contributed by atoms with Crippen LogP contribution in [-0.4, -0.2) is 46.4 Å². The zero-order valence-electron chi connectivity index (χ0n) is 11.7. The zero-order valence-corrected chi connectivity index (χ0v) is 13.3. The van der Waals surface area contributed by atoms with E-state index in [1.54, 1.807) is 0 Å². The number of nitrogens with two attached hydrogens (primary N) is 1. The van der Waals surface area contributed by atoms with E-state index in [2.05, 4.69) is 4.90 Å². The highest BCUT2D eigenvalue weighted by atomic mass is 35.5. The van der Waals surface area contributed by atoms with E-state index < -0.39 is 0 Å². The van der Waals surface area contributed by atoms with Gasteiger partial charge >= 0.3 is 0 Å². The smallest absolute Gasteiger partial charge is 0.222 e. The van der Waals surface area contributed by atoms with Crippen molar-refractivity contribution in [3.05, 3.63) is 34.3 Å². The van der Waals surface area contributed by atoms with Crippen molar-refractivity contribution < 1.29 is 4.79 Å². The Morgan fingerprint density at radius 3 is 2.95 bits per heavy atom. The maximum Gasteiger partial charge on any atom is 0.222 e. The summed E-state index contributed by atoms with van der Waals surface area (Å²) < 4.78 is 0. The Balaban J connectivity index is 1.67. The van der Waals surface area contributed by atoms with Gasteiger partial charge in [0, 0.05) is 49.2 Å². The highest BCUT2D eigenvalue weighted by molar-refractivity contribution is 7.80. The Hall–Kier alpha value is -1.17. The first kappa shape index (κ1) is 14.8. The molecule has 0 saturated carbocycles. The number of fused-ring (bicyclic) bond motifs is 1. The van der Waals surface area contributed by atoms with Crippen LogP contribution in [0.4, 0.5) is 0 Å². The van der Waals surface area contributed by atoms with Gasteiger partial charge in [-0.15, -0.1) is 0 Å². The molecule has 0 aliphatic carbocycles. The van der Waals surface area contributed by atoms with Crippen molar-refractivity contribution >= 4 is 34.7 Å². The molecule has 0 radical (unpaired) electrons. The van der Waals surface area contributed by atoms with Crippen LogP contribution in [0.15, 0.2) is 18.2 Å². The standard InChI is InChI=1S/C15H18ClN3OS/c16-13-7-10(15(17)21)1-2-11(13)8-18-5-6-19-12(9-18)3-4-14(19)20/h1-2,7,12H,3-6,8-9H2,(H2,17,21). The van der Waals surface area contributed by atoms with Gasteiger partial charge in [0.1, 0.15) is 4.99 Å². The van der Waals surface area contributed by atoms with Crippen molar-refractivity contribution in [3.63, 3.8) is 0 Å². The van der Waals surface area contributed by atoms with E-state index in [1.807, 2.05) is 23.1 Å². The minimum Gasteiger partial charge on any atom is -0.389 e. The summed E-state index contributed by atoms with van der Waals surface area (Å²) >= 11 is 11.3. The molecule has 1 aromatic carbocycles. The average Bonchev–Trinajstić information content (AvgIpc) is 2.82. The van der Waals surface area contributed by atoms with E-state index in [4.69, 9.17) is 29.6 Å². The molecule has 2 aliphatic heterocycles. The molecular formula is C15H18ClN3OS. The van der Waals surface area contributed by atoms with E-state index in [0.29, 0.717) is 28.4 Å². The van der Waals surface area contributed by atoms with Crippen LogP contribution < -0.4 is 5.73 Å². The minimum absolute atomic E-state index is 0.304. The molecule has 6 heteroatoms. The number of nitrogens with zero attached hydrogens (tertiary/aromatic N) is 2. The normalized spacial score (nSPS) is 22.4. The van der Waals surface area contributed by atoms with Crippen molar-refractivity contribution in [1.82, 2.24) is 9.80 Å². The predicted octanol–water partition coefficient (Wildman–Crippen LogP) is 1.78. The van der Waals surface area contributed by atoms with E-state index in [-0.39, 0.29) is 0 Å². The third kappa shape index (κ3) is 3.05. The molecule has 0 aromatic heterocycles. The lowest BCUT2D eigenvalue weighted by atomic mass is 10.1. The van der Waals surface area contributed by atoms with Crippen LogP contribution in [0.3, 0.4) is 0 Å². The highest BCUT2D eigenvalue weighted by Crippen LogP contribution is 2.25. The van der Waals surface area contributed by atoms with Gasteiger partial charge in [0.2, 0.25) is 5.91 Å². The van der Waals surface area contributed by atoms with Crippen molar-refractivity contribution in [2.75, 3.05) is 19.6 Å². The second kappa shape index (κ2) is 5.91. The molecule has 21 heavy (non-hydrogen) atoms. The first-order valence-electron chi connectivity index (χ1n) is 7.14. The molecular weight excluding hydrogens is 306 g/mol.